The summed E-state index contributed by atoms with van der Waals surface area (Å²) >= 11 is 0. The minimum Gasteiger partial charge on any atom is -0.455 e. The first-order valence-corrected chi connectivity index (χ1v) is 6.13. The van der Waals surface area contributed by atoms with Gasteiger partial charge in [-0.2, -0.15) is 0 Å². The number of benzene rings is 2. The molecule has 0 aliphatic heterocycles. The van der Waals surface area contributed by atoms with Crippen LogP contribution in [0.25, 0.3) is 21.9 Å². The highest BCUT2D eigenvalue weighted by Gasteiger charge is 2.14. The maximum absolute atomic E-state index is 12.1. The van der Waals surface area contributed by atoms with E-state index in [4.69, 9.17) is 4.42 Å². The molecular weight excluding hydrogens is 238 g/mol. The zero-order valence-electron chi connectivity index (χ0n) is 10.8. The molecule has 0 N–H and O–H groups in total. The molecule has 0 bridgehead atoms. The number of amides is 1. The minimum atomic E-state index is -0.260. The highest BCUT2D eigenvalue weighted by molar-refractivity contribution is 6.15. The number of carbonyl (C=O) groups is 1. The average Bonchev–Trinajstić information content (AvgIpc) is 2.76. The van der Waals surface area contributed by atoms with E-state index in [0.717, 1.165) is 22.1 Å². The van der Waals surface area contributed by atoms with Crippen molar-refractivity contribution in [2.75, 3.05) is 0 Å². The first-order valence-electron chi connectivity index (χ1n) is 6.13. The van der Waals surface area contributed by atoms with Gasteiger partial charge in [-0.25, -0.2) is 4.99 Å². The second kappa shape index (κ2) is 4.35. The van der Waals surface area contributed by atoms with Gasteiger partial charge in [0.15, 0.2) is 0 Å². The van der Waals surface area contributed by atoms with E-state index in [1.807, 2.05) is 36.4 Å². The fraction of sp³-hybridized carbons (Fsp3) is 0.125. The third-order valence-corrected chi connectivity index (χ3v) is 2.96. The highest BCUT2D eigenvalue weighted by atomic mass is 16.3. The van der Waals surface area contributed by atoms with Gasteiger partial charge in [0.25, 0.3) is 5.91 Å². The molecule has 1 aromatic heterocycles. The maximum atomic E-state index is 12.1. The summed E-state index contributed by atoms with van der Waals surface area (Å²) in [7, 11) is 0. The molecule has 1 amide bonds. The Morgan fingerprint density at radius 2 is 1.74 bits per heavy atom. The molecule has 0 spiro atoms. The van der Waals surface area contributed by atoms with E-state index >= 15 is 0 Å². The van der Waals surface area contributed by atoms with Crippen LogP contribution in [0.1, 0.15) is 24.2 Å². The molecule has 1 heterocycles. The van der Waals surface area contributed by atoms with Gasteiger partial charge >= 0.3 is 0 Å². The fourth-order valence-corrected chi connectivity index (χ4v) is 2.18. The first kappa shape index (κ1) is 11.7. The van der Waals surface area contributed by atoms with Gasteiger partial charge in [-0.3, -0.25) is 4.79 Å². The number of rotatable bonds is 1. The molecule has 3 heteroatoms. The molecule has 0 saturated heterocycles. The van der Waals surface area contributed by atoms with Gasteiger partial charge in [-0.15, -0.1) is 0 Å². The van der Waals surface area contributed by atoms with E-state index in [0.29, 0.717) is 11.1 Å². The molecule has 3 rings (SSSR count). The normalized spacial score (nSPS) is 10.8. The van der Waals surface area contributed by atoms with Crippen molar-refractivity contribution in [1.82, 2.24) is 0 Å². The van der Waals surface area contributed by atoms with Crippen molar-refractivity contribution >= 4 is 33.6 Å². The molecule has 0 aliphatic rings. The van der Waals surface area contributed by atoms with Crippen LogP contribution in [0.2, 0.25) is 0 Å². The summed E-state index contributed by atoms with van der Waals surface area (Å²) in [6.45, 7) is 3.60. The predicted octanol–water partition coefficient (Wildman–Crippen LogP) is 4.21. The number of para-hydroxylation sites is 2. The molecule has 0 atom stereocenters. The zero-order chi connectivity index (χ0) is 13.4. The Morgan fingerprint density at radius 1 is 1.00 bits per heavy atom. The average molecular weight is 251 g/mol. The van der Waals surface area contributed by atoms with Gasteiger partial charge in [-0.1, -0.05) is 30.3 Å². The Hall–Kier alpha value is -2.42. The number of hydrogen-bond acceptors (Lipinski definition) is 2. The number of aliphatic imine (C=N–C) groups is 1. The molecule has 2 aromatic carbocycles. The minimum absolute atomic E-state index is 0.260. The number of hydrogen-bond donors (Lipinski definition) is 0. The van der Waals surface area contributed by atoms with Gasteiger partial charge in [0.2, 0.25) is 0 Å². The standard InChI is InChI=1S/C16H13NO2/c1-10(2)17-16(18)13-8-5-7-12-11-6-3-4-9-14(11)19-15(12)13/h3-9H,1-2H3. The lowest BCUT2D eigenvalue weighted by Gasteiger charge is -1.97. The predicted molar refractivity (Wildman–Crippen MR) is 76.8 cm³/mol. The van der Waals surface area contributed by atoms with Crippen LogP contribution in [0, 0.1) is 0 Å². The highest BCUT2D eigenvalue weighted by Crippen LogP contribution is 2.30. The molecule has 3 nitrogen and oxygen atoms in total. The van der Waals surface area contributed by atoms with Crippen molar-refractivity contribution in [2.24, 2.45) is 4.99 Å². The molecule has 19 heavy (non-hydrogen) atoms. The lowest BCUT2D eigenvalue weighted by Crippen LogP contribution is -1.98. The van der Waals surface area contributed by atoms with Crippen LogP contribution >= 0.6 is 0 Å². The Morgan fingerprint density at radius 3 is 2.53 bits per heavy atom. The van der Waals surface area contributed by atoms with Crippen LogP contribution in [-0.4, -0.2) is 11.6 Å². The van der Waals surface area contributed by atoms with Gasteiger partial charge in [0.1, 0.15) is 11.2 Å². The lowest BCUT2D eigenvalue weighted by atomic mass is 10.1. The summed E-state index contributed by atoms with van der Waals surface area (Å²) in [6.07, 6.45) is 0. The summed E-state index contributed by atoms with van der Waals surface area (Å²) in [5.74, 6) is -0.260. The van der Waals surface area contributed by atoms with Crippen molar-refractivity contribution in [2.45, 2.75) is 13.8 Å². The van der Waals surface area contributed by atoms with Gasteiger partial charge in [0.05, 0.1) is 5.56 Å². The number of furan rings is 1. The summed E-state index contributed by atoms with van der Waals surface area (Å²) < 4.78 is 5.80. The summed E-state index contributed by atoms with van der Waals surface area (Å²) in [5.41, 5.74) is 2.64. The lowest BCUT2D eigenvalue weighted by molar-refractivity contribution is 0.100. The van der Waals surface area contributed by atoms with Crippen molar-refractivity contribution in [1.29, 1.82) is 0 Å². The third kappa shape index (κ3) is 1.93. The third-order valence-electron chi connectivity index (χ3n) is 2.96. The molecule has 0 aliphatic carbocycles. The van der Waals surface area contributed by atoms with E-state index in [9.17, 15) is 4.79 Å². The Balaban J connectivity index is 2.32. The molecule has 94 valence electrons. The van der Waals surface area contributed by atoms with Crippen LogP contribution in [0.3, 0.4) is 0 Å². The van der Waals surface area contributed by atoms with Gasteiger partial charge in [0, 0.05) is 16.5 Å². The van der Waals surface area contributed by atoms with E-state index < -0.39 is 0 Å². The second-order valence-corrected chi connectivity index (χ2v) is 4.64. The maximum Gasteiger partial charge on any atom is 0.280 e. The van der Waals surface area contributed by atoms with Gasteiger partial charge < -0.3 is 4.42 Å². The molecule has 0 saturated carbocycles. The van der Waals surface area contributed by atoms with Crippen LogP contribution in [-0.2, 0) is 0 Å². The van der Waals surface area contributed by atoms with Crippen molar-refractivity contribution in [3.05, 3.63) is 48.0 Å². The Kier molecular flexibility index (Phi) is 2.67. The van der Waals surface area contributed by atoms with Crippen LogP contribution in [0.5, 0.6) is 0 Å². The summed E-state index contributed by atoms with van der Waals surface area (Å²) in [6, 6.07) is 13.3. The van der Waals surface area contributed by atoms with Crippen molar-refractivity contribution in [3.63, 3.8) is 0 Å². The van der Waals surface area contributed by atoms with E-state index in [1.165, 1.54) is 0 Å². The van der Waals surface area contributed by atoms with E-state index in [1.54, 1.807) is 19.9 Å². The molecular formula is C16H13NO2. The monoisotopic (exact) mass is 251 g/mol. The molecule has 3 aromatic rings. The largest absolute Gasteiger partial charge is 0.455 e. The molecule has 0 unspecified atom stereocenters. The molecule has 0 fully saturated rings. The van der Waals surface area contributed by atoms with E-state index in [2.05, 4.69) is 4.99 Å². The summed E-state index contributed by atoms with van der Waals surface area (Å²) in [4.78, 5) is 16.1. The van der Waals surface area contributed by atoms with Gasteiger partial charge in [-0.05, 0) is 26.0 Å². The first-order chi connectivity index (χ1) is 9.16. The van der Waals surface area contributed by atoms with Crippen molar-refractivity contribution < 1.29 is 9.21 Å². The molecule has 0 radical (unpaired) electrons. The Bertz CT molecular complexity index is 808. The summed E-state index contributed by atoms with van der Waals surface area (Å²) in [5, 5.41) is 1.97. The zero-order valence-corrected chi connectivity index (χ0v) is 10.8. The Labute approximate surface area is 110 Å². The van der Waals surface area contributed by atoms with Crippen LogP contribution < -0.4 is 0 Å². The van der Waals surface area contributed by atoms with Crippen molar-refractivity contribution in [3.8, 4) is 0 Å². The number of nitrogens with zero attached hydrogens (tertiary/aromatic N) is 1. The quantitative estimate of drug-likeness (QED) is 0.608. The van der Waals surface area contributed by atoms with Crippen LogP contribution in [0.15, 0.2) is 51.9 Å². The smallest absolute Gasteiger partial charge is 0.280 e. The second-order valence-electron chi connectivity index (χ2n) is 4.64. The number of carbonyl (C=O) groups excluding carboxylic acids is 1. The van der Waals surface area contributed by atoms with Crippen LogP contribution in [0.4, 0.5) is 0 Å². The fourth-order valence-electron chi connectivity index (χ4n) is 2.18. The van der Waals surface area contributed by atoms with E-state index in [-0.39, 0.29) is 5.91 Å². The SMILES string of the molecule is CC(C)=NC(=O)c1cccc2c1oc1ccccc12. The number of fused-ring (bicyclic) bond motifs is 3. The topological polar surface area (TPSA) is 42.6 Å².